The first-order valence-electron chi connectivity index (χ1n) is 6.75. The van der Waals surface area contributed by atoms with Crippen LogP contribution >= 0.6 is 0 Å². The molecule has 0 radical (unpaired) electrons. The van der Waals surface area contributed by atoms with Crippen molar-refractivity contribution in [2.75, 3.05) is 11.9 Å². The Morgan fingerprint density at radius 3 is 2.35 bits per heavy atom. The van der Waals surface area contributed by atoms with Crippen molar-refractivity contribution in [1.29, 1.82) is 0 Å². The number of anilines is 1. The Hall–Kier alpha value is -2.04. The van der Waals surface area contributed by atoms with Crippen molar-refractivity contribution in [2.24, 2.45) is 5.92 Å². The summed E-state index contributed by atoms with van der Waals surface area (Å²) in [5, 5.41) is 5.13. The van der Waals surface area contributed by atoms with Gasteiger partial charge in [-0.3, -0.25) is 9.59 Å². The van der Waals surface area contributed by atoms with Crippen LogP contribution in [0.15, 0.2) is 24.3 Å². The van der Waals surface area contributed by atoms with Gasteiger partial charge in [-0.1, -0.05) is 26.0 Å². The van der Waals surface area contributed by atoms with Gasteiger partial charge in [-0.2, -0.15) is 0 Å². The molecule has 0 fully saturated rings. The summed E-state index contributed by atoms with van der Waals surface area (Å²) in [4.78, 5) is 23.4. The second kappa shape index (κ2) is 7.53. The highest BCUT2D eigenvalue weighted by Gasteiger charge is 2.16. The standard InChI is InChI=1S/C15H22N2O3/c1-10(2)9-16-14(18)15(19)17-12-7-5-6-8-13(12)20-11(3)4/h5-8,10-11H,9H2,1-4H3,(H,16,18)(H,17,19). The van der Waals surface area contributed by atoms with Crippen LogP contribution in [0.25, 0.3) is 0 Å². The van der Waals surface area contributed by atoms with Gasteiger partial charge in [0.1, 0.15) is 5.75 Å². The number of hydrogen-bond donors (Lipinski definition) is 2. The highest BCUT2D eigenvalue weighted by atomic mass is 16.5. The van der Waals surface area contributed by atoms with E-state index in [1.807, 2.05) is 33.8 Å². The summed E-state index contributed by atoms with van der Waals surface area (Å²) in [5.41, 5.74) is 0.492. The fourth-order valence-electron chi connectivity index (χ4n) is 1.48. The van der Waals surface area contributed by atoms with Crippen LogP contribution < -0.4 is 15.4 Å². The lowest BCUT2D eigenvalue weighted by molar-refractivity contribution is -0.136. The number of nitrogens with one attached hydrogen (secondary N) is 2. The molecule has 0 aliphatic rings. The number of carbonyl (C=O) groups is 2. The van der Waals surface area contributed by atoms with Gasteiger partial charge in [0.05, 0.1) is 11.8 Å². The van der Waals surface area contributed by atoms with Crippen molar-refractivity contribution in [2.45, 2.75) is 33.8 Å². The highest BCUT2D eigenvalue weighted by Crippen LogP contribution is 2.24. The topological polar surface area (TPSA) is 67.4 Å². The van der Waals surface area contributed by atoms with E-state index in [-0.39, 0.29) is 6.10 Å². The van der Waals surface area contributed by atoms with E-state index in [0.717, 1.165) is 0 Å². The normalized spacial score (nSPS) is 10.5. The average Bonchev–Trinajstić information content (AvgIpc) is 2.37. The largest absolute Gasteiger partial charge is 0.489 e. The van der Waals surface area contributed by atoms with Crippen LogP contribution in [0.1, 0.15) is 27.7 Å². The molecule has 1 rings (SSSR count). The molecule has 2 amide bonds. The quantitative estimate of drug-likeness (QED) is 0.811. The maximum atomic E-state index is 11.8. The van der Waals surface area contributed by atoms with E-state index in [9.17, 15) is 9.59 Å². The number of rotatable bonds is 5. The van der Waals surface area contributed by atoms with Gasteiger partial charge < -0.3 is 15.4 Å². The molecular formula is C15H22N2O3. The van der Waals surface area contributed by atoms with Crippen molar-refractivity contribution in [3.8, 4) is 5.75 Å². The van der Waals surface area contributed by atoms with Gasteiger partial charge in [0, 0.05) is 6.54 Å². The molecular weight excluding hydrogens is 256 g/mol. The van der Waals surface area contributed by atoms with Crippen molar-refractivity contribution in [3.63, 3.8) is 0 Å². The lowest BCUT2D eigenvalue weighted by Crippen LogP contribution is -2.37. The third-order valence-corrected chi connectivity index (χ3v) is 2.38. The van der Waals surface area contributed by atoms with Crippen molar-refractivity contribution in [1.82, 2.24) is 5.32 Å². The van der Waals surface area contributed by atoms with Crippen LogP contribution in [-0.2, 0) is 9.59 Å². The molecule has 1 aromatic carbocycles. The van der Waals surface area contributed by atoms with Gasteiger partial charge >= 0.3 is 11.8 Å². The number of amides is 2. The van der Waals surface area contributed by atoms with E-state index in [0.29, 0.717) is 23.9 Å². The Kier molecular flexibility index (Phi) is 6.03. The lowest BCUT2D eigenvalue weighted by atomic mass is 10.2. The second-order valence-electron chi connectivity index (χ2n) is 5.22. The smallest absolute Gasteiger partial charge is 0.313 e. The molecule has 0 aliphatic heterocycles. The first-order valence-corrected chi connectivity index (χ1v) is 6.75. The molecule has 0 bridgehead atoms. The van der Waals surface area contributed by atoms with Crippen LogP contribution in [0.5, 0.6) is 5.75 Å². The summed E-state index contributed by atoms with van der Waals surface area (Å²) in [7, 11) is 0. The lowest BCUT2D eigenvalue weighted by Gasteiger charge is -2.14. The van der Waals surface area contributed by atoms with Crippen molar-refractivity contribution < 1.29 is 14.3 Å². The van der Waals surface area contributed by atoms with E-state index >= 15 is 0 Å². The zero-order valence-electron chi connectivity index (χ0n) is 12.4. The van der Waals surface area contributed by atoms with Crippen molar-refractivity contribution in [3.05, 3.63) is 24.3 Å². The van der Waals surface area contributed by atoms with Crippen LogP contribution in [0.4, 0.5) is 5.69 Å². The number of carbonyl (C=O) groups excluding carboxylic acids is 2. The summed E-state index contributed by atoms with van der Waals surface area (Å²) in [5.74, 6) is -0.487. The highest BCUT2D eigenvalue weighted by molar-refractivity contribution is 6.39. The van der Waals surface area contributed by atoms with E-state index < -0.39 is 11.8 Å². The SMILES string of the molecule is CC(C)CNC(=O)C(=O)Nc1ccccc1OC(C)C. The first kappa shape index (κ1) is 16.0. The molecule has 0 aliphatic carbocycles. The third kappa shape index (κ3) is 5.30. The predicted molar refractivity (Wildman–Crippen MR) is 78.7 cm³/mol. The van der Waals surface area contributed by atoms with Gasteiger partial charge in [-0.25, -0.2) is 0 Å². The molecule has 5 nitrogen and oxygen atoms in total. The summed E-state index contributed by atoms with van der Waals surface area (Å²) in [6, 6.07) is 7.04. The zero-order chi connectivity index (χ0) is 15.1. The fraction of sp³-hybridized carbons (Fsp3) is 0.467. The third-order valence-electron chi connectivity index (χ3n) is 2.38. The summed E-state index contributed by atoms with van der Waals surface area (Å²) >= 11 is 0. The van der Waals surface area contributed by atoms with Crippen LogP contribution in [-0.4, -0.2) is 24.5 Å². The van der Waals surface area contributed by atoms with E-state index in [1.165, 1.54) is 0 Å². The average molecular weight is 278 g/mol. The summed E-state index contributed by atoms with van der Waals surface area (Å²) in [6.07, 6.45) is -0.0113. The maximum absolute atomic E-state index is 11.8. The van der Waals surface area contributed by atoms with Crippen LogP contribution in [0.3, 0.4) is 0 Å². The van der Waals surface area contributed by atoms with E-state index in [2.05, 4.69) is 10.6 Å². The minimum Gasteiger partial charge on any atom is -0.489 e. The zero-order valence-corrected chi connectivity index (χ0v) is 12.4. The van der Waals surface area contributed by atoms with Gasteiger partial charge in [0.2, 0.25) is 0 Å². The molecule has 0 aromatic heterocycles. The Morgan fingerprint density at radius 2 is 1.75 bits per heavy atom. The number of ether oxygens (including phenoxy) is 1. The Labute approximate surface area is 119 Å². The Balaban J connectivity index is 2.68. The minimum atomic E-state index is -0.689. The fourth-order valence-corrected chi connectivity index (χ4v) is 1.48. The number of benzene rings is 1. The molecule has 0 spiro atoms. The van der Waals surface area contributed by atoms with Crippen molar-refractivity contribution >= 4 is 17.5 Å². The van der Waals surface area contributed by atoms with Gasteiger partial charge in [0.25, 0.3) is 0 Å². The molecule has 20 heavy (non-hydrogen) atoms. The molecule has 110 valence electrons. The summed E-state index contributed by atoms with van der Waals surface area (Å²) in [6.45, 7) is 8.19. The van der Waals surface area contributed by atoms with Crippen LogP contribution in [0.2, 0.25) is 0 Å². The molecule has 2 N–H and O–H groups in total. The Bertz CT molecular complexity index is 470. The molecule has 0 atom stereocenters. The number of para-hydroxylation sites is 2. The first-order chi connectivity index (χ1) is 9.40. The minimum absolute atomic E-state index is 0.0113. The molecule has 1 aromatic rings. The molecule has 0 saturated carbocycles. The van der Waals surface area contributed by atoms with Gasteiger partial charge in [-0.05, 0) is 31.9 Å². The van der Waals surface area contributed by atoms with E-state index in [4.69, 9.17) is 4.74 Å². The molecule has 5 heteroatoms. The monoisotopic (exact) mass is 278 g/mol. The molecule has 0 saturated heterocycles. The number of hydrogen-bond acceptors (Lipinski definition) is 3. The predicted octanol–water partition coefficient (Wildman–Crippen LogP) is 2.18. The Morgan fingerprint density at radius 1 is 1.10 bits per heavy atom. The second-order valence-corrected chi connectivity index (χ2v) is 5.22. The molecule has 0 heterocycles. The van der Waals surface area contributed by atoms with E-state index in [1.54, 1.807) is 18.2 Å². The van der Waals surface area contributed by atoms with Crippen LogP contribution in [0, 0.1) is 5.92 Å². The summed E-state index contributed by atoms with van der Waals surface area (Å²) < 4.78 is 5.58. The van der Waals surface area contributed by atoms with Gasteiger partial charge in [0.15, 0.2) is 0 Å². The van der Waals surface area contributed by atoms with Gasteiger partial charge in [-0.15, -0.1) is 0 Å². The molecule has 0 unspecified atom stereocenters. The maximum Gasteiger partial charge on any atom is 0.313 e.